The van der Waals surface area contributed by atoms with Gasteiger partial charge in [0.25, 0.3) is 0 Å². The van der Waals surface area contributed by atoms with E-state index in [0.29, 0.717) is 30.3 Å². The Balaban J connectivity index is 0.00000264. The molecule has 0 atom stereocenters. The molecule has 0 radical (unpaired) electrons. The van der Waals surface area contributed by atoms with Gasteiger partial charge in [0, 0.05) is 11.6 Å². The molecule has 0 saturated heterocycles. The molecule has 1 fully saturated rings. The third-order valence-electron chi connectivity index (χ3n) is 3.99. The minimum atomic E-state index is -0.715. The first-order valence-electron chi connectivity index (χ1n) is 7.42. The van der Waals surface area contributed by atoms with Crippen LogP contribution in [-0.4, -0.2) is 61.5 Å². The molecule has 0 aromatic heterocycles. The molecule has 2 rings (SSSR count). The maximum atomic E-state index is 11.7. The summed E-state index contributed by atoms with van der Waals surface area (Å²) in [6, 6.07) is 7.16. The topological polar surface area (TPSA) is 75.6 Å². The second-order valence-corrected chi connectivity index (χ2v) is 6.08. The standard InChI is InChI=1S/C16H20ClNO4.Ca.2H/c17-14-3-1-2-12(8-14)10-22-16(21)18-9-11-4-6-13(7-5-11)15(19)20;;;/h1-3,8,11,13H,4-7,9-10H2,(H,18,21)(H,19,20);;;. The van der Waals surface area contributed by atoms with E-state index < -0.39 is 12.1 Å². The van der Waals surface area contributed by atoms with Crippen LogP contribution in [0.2, 0.25) is 5.02 Å². The van der Waals surface area contributed by atoms with Gasteiger partial charge in [0.1, 0.15) is 6.61 Å². The monoisotopic (exact) mass is 367 g/mol. The molecule has 124 valence electrons. The molecule has 0 bridgehead atoms. The first-order valence-corrected chi connectivity index (χ1v) is 7.80. The van der Waals surface area contributed by atoms with Crippen LogP contribution in [0.25, 0.3) is 0 Å². The van der Waals surface area contributed by atoms with Gasteiger partial charge in [0.2, 0.25) is 0 Å². The average Bonchev–Trinajstić information content (AvgIpc) is 2.51. The van der Waals surface area contributed by atoms with Gasteiger partial charge in [-0.05, 0) is 49.3 Å². The SMILES string of the molecule is O=C(NCC1CCC(C(=O)O)CC1)OCc1cccc(Cl)c1.[CaH2]. The summed E-state index contributed by atoms with van der Waals surface area (Å²) in [6.07, 6.45) is 2.55. The summed E-state index contributed by atoms with van der Waals surface area (Å²) in [6.45, 7) is 0.707. The van der Waals surface area contributed by atoms with Crippen molar-refractivity contribution in [1.29, 1.82) is 0 Å². The van der Waals surface area contributed by atoms with E-state index in [1.54, 1.807) is 18.2 Å². The molecule has 1 aliphatic rings. The van der Waals surface area contributed by atoms with Crippen LogP contribution in [0.4, 0.5) is 4.79 Å². The number of halogens is 1. The molecular formula is C16H22CaClNO4. The molecule has 1 amide bonds. The zero-order valence-corrected chi connectivity index (χ0v) is 13.0. The van der Waals surface area contributed by atoms with Gasteiger partial charge in [0.05, 0.1) is 5.92 Å². The predicted molar refractivity (Wildman–Crippen MR) is 91.3 cm³/mol. The van der Waals surface area contributed by atoms with Crippen LogP contribution in [0.3, 0.4) is 0 Å². The van der Waals surface area contributed by atoms with Gasteiger partial charge in [-0.3, -0.25) is 4.79 Å². The van der Waals surface area contributed by atoms with Gasteiger partial charge in [0.15, 0.2) is 0 Å². The average molecular weight is 368 g/mol. The Morgan fingerprint density at radius 3 is 2.57 bits per heavy atom. The number of rotatable bonds is 5. The first kappa shape index (κ1) is 20.6. The Bertz CT molecular complexity index is 533. The van der Waals surface area contributed by atoms with Crippen molar-refractivity contribution < 1.29 is 19.4 Å². The second kappa shape index (κ2) is 10.4. The van der Waals surface area contributed by atoms with E-state index >= 15 is 0 Å². The number of carbonyl (C=O) groups excluding carboxylic acids is 1. The fourth-order valence-corrected chi connectivity index (χ4v) is 2.88. The fraction of sp³-hybridized carbons (Fsp3) is 0.500. The molecular weight excluding hydrogens is 346 g/mol. The summed E-state index contributed by atoms with van der Waals surface area (Å²) >= 11 is 5.86. The molecule has 23 heavy (non-hydrogen) atoms. The summed E-state index contributed by atoms with van der Waals surface area (Å²) in [5.41, 5.74) is 0.838. The number of aliphatic carboxylic acids is 1. The van der Waals surface area contributed by atoms with Crippen molar-refractivity contribution in [3.63, 3.8) is 0 Å². The van der Waals surface area contributed by atoms with Crippen molar-refractivity contribution in [1.82, 2.24) is 5.32 Å². The summed E-state index contributed by atoms with van der Waals surface area (Å²) in [5, 5.41) is 12.3. The van der Waals surface area contributed by atoms with E-state index in [1.165, 1.54) is 0 Å². The summed E-state index contributed by atoms with van der Waals surface area (Å²) in [5.74, 6) is -0.618. The van der Waals surface area contributed by atoms with Crippen molar-refractivity contribution in [2.75, 3.05) is 6.54 Å². The number of nitrogens with one attached hydrogen (secondary N) is 1. The van der Waals surface area contributed by atoms with Crippen molar-refractivity contribution in [3.8, 4) is 0 Å². The van der Waals surface area contributed by atoms with E-state index in [9.17, 15) is 9.59 Å². The summed E-state index contributed by atoms with van der Waals surface area (Å²) in [7, 11) is 0. The van der Waals surface area contributed by atoms with Crippen LogP contribution in [0, 0.1) is 11.8 Å². The first-order chi connectivity index (χ1) is 10.5. The van der Waals surface area contributed by atoms with E-state index in [1.807, 2.05) is 6.07 Å². The van der Waals surface area contributed by atoms with Crippen molar-refractivity contribution in [3.05, 3.63) is 34.9 Å². The number of carboxylic acids is 1. The third kappa shape index (κ3) is 7.29. The third-order valence-corrected chi connectivity index (χ3v) is 4.23. The Morgan fingerprint density at radius 2 is 1.96 bits per heavy atom. The summed E-state index contributed by atoms with van der Waals surface area (Å²) < 4.78 is 5.13. The number of ether oxygens (including phenoxy) is 1. The van der Waals surface area contributed by atoms with Gasteiger partial charge in [-0.2, -0.15) is 0 Å². The molecule has 2 N–H and O–H groups in total. The van der Waals surface area contributed by atoms with Crippen molar-refractivity contribution in [2.45, 2.75) is 32.3 Å². The molecule has 1 aromatic carbocycles. The van der Waals surface area contributed by atoms with Gasteiger partial charge < -0.3 is 15.2 Å². The van der Waals surface area contributed by atoms with Crippen LogP contribution >= 0.6 is 11.6 Å². The van der Waals surface area contributed by atoms with Gasteiger partial charge in [-0.1, -0.05) is 23.7 Å². The van der Waals surface area contributed by atoms with Crippen molar-refractivity contribution in [2.24, 2.45) is 11.8 Å². The Labute approximate surface area is 170 Å². The van der Waals surface area contributed by atoms with Crippen molar-refractivity contribution >= 4 is 61.4 Å². The normalized spacial score (nSPS) is 20.2. The van der Waals surface area contributed by atoms with E-state index in [4.69, 9.17) is 21.4 Å². The molecule has 0 heterocycles. The molecule has 1 aromatic rings. The molecule has 1 aliphatic carbocycles. The quantitative estimate of drug-likeness (QED) is 0.784. The Kier molecular flexibility index (Phi) is 9.29. The molecule has 1 saturated carbocycles. The van der Waals surface area contributed by atoms with E-state index in [0.717, 1.165) is 18.4 Å². The molecule has 0 unspecified atom stereocenters. The van der Waals surface area contributed by atoms with Crippen LogP contribution in [0.1, 0.15) is 31.2 Å². The Hall–Kier alpha value is -0.490. The Morgan fingerprint density at radius 1 is 1.26 bits per heavy atom. The fourth-order valence-electron chi connectivity index (χ4n) is 2.67. The van der Waals surface area contributed by atoms with Crippen LogP contribution in [0.5, 0.6) is 0 Å². The number of alkyl carbamates (subject to hydrolysis) is 1. The van der Waals surface area contributed by atoms with E-state index in [2.05, 4.69) is 5.32 Å². The minimum absolute atomic E-state index is 0. The van der Waals surface area contributed by atoms with Crippen LogP contribution < -0.4 is 5.32 Å². The zero-order chi connectivity index (χ0) is 15.9. The molecule has 5 nitrogen and oxygen atoms in total. The number of amides is 1. The molecule has 0 aliphatic heterocycles. The number of benzene rings is 1. The zero-order valence-electron chi connectivity index (χ0n) is 12.3. The number of carboxylic acid groups (broad SMARTS) is 1. The second-order valence-electron chi connectivity index (χ2n) is 5.64. The number of hydrogen-bond acceptors (Lipinski definition) is 3. The number of carbonyl (C=O) groups is 2. The molecule has 0 spiro atoms. The number of hydrogen-bond donors (Lipinski definition) is 2. The van der Waals surface area contributed by atoms with Crippen LogP contribution in [0.15, 0.2) is 24.3 Å². The van der Waals surface area contributed by atoms with E-state index in [-0.39, 0.29) is 50.3 Å². The van der Waals surface area contributed by atoms with Gasteiger partial charge in [-0.25, -0.2) is 4.79 Å². The molecule has 7 heteroatoms. The van der Waals surface area contributed by atoms with Gasteiger partial charge in [-0.15, -0.1) is 0 Å². The summed E-state index contributed by atoms with van der Waals surface area (Å²) in [4.78, 5) is 22.5. The van der Waals surface area contributed by atoms with Gasteiger partial charge >= 0.3 is 49.8 Å². The predicted octanol–water partition coefficient (Wildman–Crippen LogP) is 2.54. The maximum absolute atomic E-state index is 11.7. The van der Waals surface area contributed by atoms with Crippen LogP contribution in [-0.2, 0) is 16.1 Å².